The van der Waals surface area contributed by atoms with Crippen molar-refractivity contribution in [3.8, 4) is 11.8 Å². The lowest BCUT2D eigenvalue weighted by molar-refractivity contribution is -0.0500. The zero-order chi connectivity index (χ0) is 10.7. The van der Waals surface area contributed by atoms with Gasteiger partial charge in [0.2, 0.25) is 0 Å². The van der Waals surface area contributed by atoms with Crippen LogP contribution in [0.3, 0.4) is 0 Å². The van der Waals surface area contributed by atoms with Crippen molar-refractivity contribution in [2.24, 2.45) is 0 Å². The monoisotopic (exact) mass is 217 g/mol. The van der Waals surface area contributed by atoms with Crippen molar-refractivity contribution in [3.63, 3.8) is 0 Å². The number of nitrogens with zero attached hydrogens (tertiary/aromatic N) is 1. The Bertz CT molecular complexity index is 387. The molecule has 0 aliphatic heterocycles. The van der Waals surface area contributed by atoms with Gasteiger partial charge in [0.1, 0.15) is 11.8 Å². The molecule has 0 fully saturated rings. The van der Waals surface area contributed by atoms with Gasteiger partial charge in [-0.1, -0.05) is 11.6 Å². The molecule has 0 radical (unpaired) electrons. The lowest BCUT2D eigenvalue weighted by atomic mass is 10.1. The number of rotatable bonds is 2. The molecule has 0 aromatic heterocycles. The molecule has 0 saturated heterocycles. The third-order valence-corrected chi connectivity index (χ3v) is 2.10. The van der Waals surface area contributed by atoms with E-state index in [4.69, 9.17) is 16.9 Å². The summed E-state index contributed by atoms with van der Waals surface area (Å²) in [4.78, 5) is 0. The van der Waals surface area contributed by atoms with E-state index in [1.54, 1.807) is 13.0 Å². The summed E-state index contributed by atoms with van der Waals surface area (Å²) in [7, 11) is 0. The summed E-state index contributed by atoms with van der Waals surface area (Å²) < 4.78 is 28.0. The van der Waals surface area contributed by atoms with E-state index in [-0.39, 0.29) is 11.3 Å². The first kappa shape index (κ1) is 10.7. The molecule has 0 aliphatic rings. The zero-order valence-electron chi connectivity index (χ0n) is 7.22. The molecule has 0 atom stereocenters. The number of hydrogen-bond acceptors (Lipinski definition) is 2. The van der Waals surface area contributed by atoms with E-state index < -0.39 is 6.61 Å². The van der Waals surface area contributed by atoms with Crippen molar-refractivity contribution < 1.29 is 13.5 Å². The summed E-state index contributed by atoms with van der Waals surface area (Å²) >= 11 is 5.71. The topological polar surface area (TPSA) is 33.0 Å². The molecule has 0 amide bonds. The second kappa shape index (κ2) is 4.25. The van der Waals surface area contributed by atoms with Gasteiger partial charge >= 0.3 is 6.61 Å². The van der Waals surface area contributed by atoms with Crippen LogP contribution in [0.1, 0.15) is 11.1 Å². The van der Waals surface area contributed by atoms with Crippen LogP contribution in [0, 0.1) is 18.3 Å². The second-order valence-corrected chi connectivity index (χ2v) is 2.94. The molecule has 0 saturated carbocycles. The molecule has 0 bridgehead atoms. The van der Waals surface area contributed by atoms with E-state index in [9.17, 15) is 8.78 Å². The fourth-order valence-corrected chi connectivity index (χ4v) is 1.15. The van der Waals surface area contributed by atoms with E-state index in [2.05, 4.69) is 4.74 Å². The van der Waals surface area contributed by atoms with Crippen LogP contribution in [-0.4, -0.2) is 6.61 Å². The van der Waals surface area contributed by atoms with Gasteiger partial charge in [0.05, 0.1) is 5.56 Å². The zero-order valence-corrected chi connectivity index (χ0v) is 7.98. The highest BCUT2D eigenvalue weighted by Gasteiger charge is 2.13. The van der Waals surface area contributed by atoms with Gasteiger partial charge < -0.3 is 4.74 Å². The van der Waals surface area contributed by atoms with Gasteiger partial charge in [-0.25, -0.2) is 0 Å². The lowest BCUT2D eigenvalue weighted by Crippen LogP contribution is -2.04. The van der Waals surface area contributed by atoms with Crippen molar-refractivity contribution in [2.75, 3.05) is 0 Å². The molecule has 14 heavy (non-hydrogen) atoms. The van der Waals surface area contributed by atoms with Crippen LogP contribution in [0.5, 0.6) is 5.75 Å². The molecular formula is C9H6ClF2NO. The Balaban J connectivity index is 3.19. The van der Waals surface area contributed by atoms with Gasteiger partial charge in [-0.05, 0) is 24.6 Å². The van der Waals surface area contributed by atoms with E-state index in [0.717, 1.165) is 0 Å². The van der Waals surface area contributed by atoms with Crippen LogP contribution in [0.25, 0.3) is 0 Å². The standard InChI is InChI=1S/C9H6ClF2NO/c1-5-6(4-13)8(14-9(11)12)3-2-7(5)10/h2-3,9H,1H3. The number of nitriles is 1. The predicted molar refractivity (Wildman–Crippen MR) is 47.5 cm³/mol. The Morgan fingerprint density at radius 1 is 1.50 bits per heavy atom. The molecule has 5 heteroatoms. The SMILES string of the molecule is Cc1c(Cl)ccc(OC(F)F)c1C#N. The quantitative estimate of drug-likeness (QED) is 0.763. The normalized spacial score (nSPS) is 10.0. The highest BCUT2D eigenvalue weighted by atomic mass is 35.5. The minimum absolute atomic E-state index is 0.0396. The Hall–Kier alpha value is -1.34. The third-order valence-electron chi connectivity index (χ3n) is 1.69. The van der Waals surface area contributed by atoms with Gasteiger partial charge in [-0.2, -0.15) is 14.0 Å². The summed E-state index contributed by atoms with van der Waals surface area (Å²) in [6.07, 6.45) is 0. The molecule has 74 valence electrons. The maximum atomic E-state index is 11.9. The van der Waals surface area contributed by atoms with Crippen molar-refractivity contribution in [2.45, 2.75) is 13.5 Å². The molecule has 0 spiro atoms. The minimum Gasteiger partial charge on any atom is -0.433 e. The van der Waals surface area contributed by atoms with Crippen LogP contribution >= 0.6 is 11.6 Å². The van der Waals surface area contributed by atoms with Crippen molar-refractivity contribution in [1.82, 2.24) is 0 Å². The van der Waals surface area contributed by atoms with Crippen LogP contribution in [0.2, 0.25) is 5.02 Å². The summed E-state index contributed by atoms with van der Waals surface area (Å²) in [6.45, 7) is -1.37. The summed E-state index contributed by atoms with van der Waals surface area (Å²) in [5, 5.41) is 9.05. The van der Waals surface area contributed by atoms with Crippen molar-refractivity contribution in [1.29, 1.82) is 5.26 Å². The first-order valence-electron chi connectivity index (χ1n) is 3.70. The lowest BCUT2D eigenvalue weighted by Gasteiger charge is -2.08. The fraction of sp³-hybridized carbons (Fsp3) is 0.222. The summed E-state index contributed by atoms with van der Waals surface area (Å²) in [6, 6.07) is 4.43. The molecule has 0 aliphatic carbocycles. The maximum absolute atomic E-state index is 11.9. The highest BCUT2D eigenvalue weighted by molar-refractivity contribution is 6.31. The molecule has 1 aromatic carbocycles. The van der Waals surface area contributed by atoms with Crippen LogP contribution in [0.15, 0.2) is 12.1 Å². The van der Waals surface area contributed by atoms with E-state index >= 15 is 0 Å². The van der Waals surface area contributed by atoms with Gasteiger partial charge in [0, 0.05) is 5.02 Å². The molecule has 0 unspecified atom stereocenters. The third kappa shape index (κ3) is 2.12. The summed E-state index contributed by atoms with van der Waals surface area (Å²) in [5.41, 5.74) is 0.477. The molecule has 1 aromatic rings. The smallest absolute Gasteiger partial charge is 0.387 e. The molecule has 2 nitrogen and oxygen atoms in total. The number of ether oxygens (including phenoxy) is 1. The van der Waals surface area contributed by atoms with Gasteiger partial charge in [-0.15, -0.1) is 0 Å². The minimum atomic E-state index is -2.94. The number of benzene rings is 1. The van der Waals surface area contributed by atoms with Gasteiger partial charge in [0.25, 0.3) is 0 Å². The second-order valence-electron chi connectivity index (χ2n) is 2.54. The first-order valence-corrected chi connectivity index (χ1v) is 4.08. The van der Waals surface area contributed by atoms with Crippen LogP contribution in [-0.2, 0) is 0 Å². The Morgan fingerprint density at radius 3 is 2.64 bits per heavy atom. The number of halogens is 3. The first-order chi connectivity index (χ1) is 6.56. The van der Waals surface area contributed by atoms with Crippen LogP contribution in [0.4, 0.5) is 8.78 Å². The van der Waals surface area contributed by atoms with Gasteiger partial charge in [-0.3, -0.25) is 0 Å². The van der Waals surface area contributed by atoms with Crippen molar-refractivity contribution >= 4 is 11.6 Å². The molecule has 1 rings (SSSR count). The average Bonchev–Trinajstić information content (AvgIpc) is 2.11. The maximum Gasteiger partial charge on any atom is 0.387 e. The Kier molecular flexibility index (Phi) is 3.26. The molecule has 0 N–H and O–H groups in total. The molecule has 0 heterocycles. The fourth-order valence-electron chi connectivity index (χ4n) is 0.995. The Morgan fingerprint density at radius 2 is 2.14 bits per heavy atom. The van der Waals surface area contributed by atoms with E-state index in [1.807, 2.05) is 0 Å². The average molecular weight is 218 g/mol. The van der Waals surface area contributed by atoms with E-state index in [1.165, 1.54) is 12.1 Å². The Labute approximate surface area is 84.7 Å². The van der Waals surface area contributed by atoms with E-state index in [0.29, 0.717) is 10.6 Å². The number of hydrogen-bond donors (Lipinski definition) is 0. The predicted octanol–water partition coefficient (Wildman–Crippen LogP) is 3.12. The molecular weight excluding hydrogens is 212 g/mol. The van der Waals surface area contributed by atoms with Crippen LogP contribution < -0.4 is 4.74 Å². The summed E-state index contributed by atoms with van der Waals surface area (Å²) in [5.74, 6) is -0.149. The number of alkyl halides is 2. The highest BCUT2D eigenvalue weighted by Crippen LogP contribution is 2.28. The largest absolute Gasteiger partial charge is 0.433 e. The van der Waals surface area contributed by atoms with Crippen molar-refractivity contribution in [3.05, 3.63) is 28.3 Å². The van der Waals surface area contributed by atoms with Gasteiger partial charge in [0.15, 0.2) is 0 Å².